The maximum atomic E-state index is 10.5. The molecular weight excluding hydrogens is 140 g/mol. The Morgan fingerprint density at radius 2 is 2.45 bits per heavy atom. The van der Waals surface area contributed by atoms with E-state index in [0.717, 1.165) is 32.2 Å². The predicted molar refractivity (Wildman–Crippen MR) is 43.4 cm³/mol. The van der Waals surface area contributed by atoms with Gasteiger partial charge in [-0.15, -0.1) is 0 Å². The van der Waals surface area contributed by atoms with Crippen molar-refractivity contribution in [2.24, 2.45) is 5.92 Å². The Bertz CT molecular complexity index is 144. The Balaban J connectivity index is 2.51. The molecular formula is C9H16O2. The van der Waals surface area contributed by atoms with Crippen molar-refractivity contribution in [3.8, 4) is 0 Å². The number of carbonyl (C=O) groups excluding carboxylic acids is 1. The van der Waals surface area contributed by atoms with Gasteiger partial charge in [-0.05, 0) is 26.2 Å². The highest BCUT2D eigenvalue weighted by Crippen LogP contribution is 2.30. The van der Waals surface area contributed by atoms with Crippen LogP contribution in [0.5, 0.6) is 0 Å². The highest BCUT2D eigenvalue weighted by atomic mass is 16.5. The third-order valence-corrected chi connectivity index (χ3v) is 2.57. The highest BCUT2D eigenvalue weighted by Gasteiger charge is 2.31. The Labute approximate surface area is 67.9 Å². The molecule has 2 atom stereocenters. The second-order valence-corrected chi connectivity index (χ2v) is 3.54. The van der Waals surface area contributed by atoms with Crippen LogP contribution in [0.3, 0.4) is 0 Å². The molecule has 0 spiro atoms. The lowest BCUT2D eigenvalue weighted by molar-refractivity contribution is -0.124. The Morgan fingerprint density at radius 1 is 1.73 bits per heavy atom. The smallest absolute Gasteiger partial charge is 0.123 e. The van der Waals surface area contributed by atoms with Gasteiger partial charge in [0.1, 0.15) is 6.29 Å². The lowest BCUT2D eigenvalue weighted by atomic mass is 9.86. The van der Waals surface area contributed by atoms with Crippen molar-refractivity contribution in [1.82, 2.24) is 0 Å². The first-order valence-electron chi connectivity index (χ1n) is 4.29. The maximum Gasteiger partial charge on any atom is 0.123 e. The van der Waals surface area contributed by atoms with Gasteiger partial charge in [-0.25, -0.2) is 0 Å². The molecule has 1 heterocycles. The van der Waals surface area contributed by atoms with Gasteiger partial charge in [0, 0.05) is 12.5 Å². The van der Waals surface area contributed by atoms with E-state index in [-0.39, 0.29) is 11.5 Å². The van der Waals surface area contributed by atoms with E-state index in [4.69, 9.17) is 4.74 Å². The Kier molecular flexibility index (Phi) is 2.66. The number of rotatable bonds is 2. The summed E-state index contributed by atoms with van der Waals surface area (Å²) in [6.45, 7) is 4.93. The lowest BCUT2D eigenvalue weighted by Gasteiger charge is -2.35. The van der Waals surface area contributed by atoms with E-state index in [9.17, 15) is 4.79 Å². The highest BCUT2D eigenvalue weighted by molar-refractivity contribution is 5.53. The zero-order chi connectivity index (χ0) is 8.32. The van der Waals surface area contributed by atoms with Crippen LogP contribution in [-0.2, 0) is 9.53 Å². The second kappa shape index (κ2) is 3.35. The van der Waals surface area contributed by atoms with Gasteiger partial charge in [-0.2, -0.15) is 0 Å². The number of hydrogen-bond donors (Lipinski definition) is 0. The van der Waals surface area contributed by atoms with E-state index in [2.05, 4.69) is 13.8 Å². The molecule has 2 heteroatoms. The summed E-state index contributed by atoms with van der Waals surface area (Å²) < 4.78 is 5.59. The van der Waals surface area contributed by atoms with Gasteiger partial charge < -0.3 is 9.53 Å². The van der Waals surface area contributed by atoms with Crippen LogP contribution in [0.1, 0.15) is 33.1 Å². The minimum atomic E-state index is -0.0379. The monoisotopic (exact) mass is 156 g/mol. The van der Waals surface area contributed by atoms with Gasteiger partial charge in [0.05, 0.1) is 5.60 Å². The first-order valence-corrected chi connectivity index (χ1v) is 4.29. The van der Waals surface area contributed by atoms with Crippen molar-refractivity contribution < 1.29 is 9.53 Å². The standard InChI is InChI=1S/C9H16O2/c1-3-9(2)6-8(7-10)4-5-11-9/h7-8H,3-6H2,1-2H3. The molecule has 11 heavy (non-hydrogen) atoms. The molecule has 0 aromatic heterocycles. The topological polar surface area (TPSA) is 26.3 Å². The summed E-state index contributed by atoms with van der Waals surface area (Å²) in [4.78, 5) is 10.5. The number of carbonyl (C=O) groups is 1. The van der Waals surface area contributed by atoms with Crippen molar-refractivity contribution in [2.75, 3.05) is 6.61 Å². The molecule has 0 amide bonds. The van der Waals surface area contributed by atoms with E-state index in [1.807, 2.05) is 0 Å². The van der Waals surface area contributed by atoms with Crippen molar-refractivity contribution in [3.63, 3.8) is 0 Å². The molecule has 0 aromatic rings. The zero-order valence-corrected chi connectivity index (χ0v) is 7.30. The molecule has 0 aromatic carbocycles. The third-order valence-electron chi connectivity index (χ3n) is 2.57. The molecule has 1 fully saturated rings. The van der Waals surface area contributed by atoms with Crippen LogP contribution in [-0.4, -0.2) is 18.5 Å². The van der Waals surface area contributed by atoms with Crippen LogP contribution in [0.25, 0.3) is 0 Å². The average Bonchev–Trinajstić information content (AvgIpc) is 2.05. The predicted octanol–water partition coefficient (Wildman–Crippen LogP) is 1.78. The molecule has 2 unspecified atom stereocenters. The summed E-state index contributed by atoms with van der Waals surface area (Å²) in [6.07, 6.45) is 3.86. The van der Waals surface area contributed by atoms with Crippen molar-refractivity contribution in [2.45, 2.75) is 38.7 Å². The maximum absolute atomic E-state index is 10.5. The first kappa shape index (κ1) is 8.72. The fourth-order valence-corrected chi connectivity index (χ4v) is 1.53. The van der Waals surface area contributed by atoms with E-state index in [0.29, 0.717) is 0 Å². The molecule has 0 saturated carbocycles. The average molecular weight is 156 g/mol. The quantitative estimate of drug-likeness (QED) is 0.570. The summed E-state index contributed by atoms with van der Waals surface area (Å²) in [7, 11) is 0. The Hall–Kier alpha value is -0.370. The van der Waals surface area contributed by atoms with Crippen molar-refractivity contribution >= 4 is 6.29 Å². The first-order chi connectivity index (χ1) is 5.20. The SMILES string of the molecule is CCC1(C)CC(C=O)CCO1. The van der Waals surface area contributed by atoms with Crippen LogP contribution in [0.2, 0.25) is 0 Å². The van der Waals surface area contributed by atoms with Crippen LogP contribution in [0.15, 0.2) is 0 Å². The van der Waals surface area contributed by atoms with Crippen LogP contribution in [0, 0.1) is 5.92 Å². The van der Waals surface area contributed by atoms with Crippen LogP contribution in [0.4, 0.5) is 0 Å². The van der Waals surface area contributed by atoms with E-state index in [1.165, 1.54) is 0 Å². The summed E-state index contributed by atoms with van der Waals surface area (Å²) >= 11 is 0. The van der Waals surface area contributed by atoms with E-state index >= 15 is 0 Å². The minimum Gasteiger partial charge on any atom is -0.375 e. The van der Waals surface area contributed by atoms with Gasteiger partial charge in [0.15, 0.2) is 0 Å². The fourth-order valence-electron chi connectivity index (χ4n) is 1.53. The summed E-state index contributed by atoms with van der Waals surface area (Å²) in [5, 5.41) is 0. The number of hydrogen-bond acceptors (Lipinski definition) is 2. The lowest BCUT2D eigenvalue weighted by Crippen LogP contribution is -2.36. The minimum absolute atomic E-state index is 0.0379. The van der Waals surface area contributed by atoms with Gasteiger partial charge in [0.25, 0.3) is 0 Å². The summed E-state index contributed by atoms with van der Waals surface area (Å²) in [5.41, 5.74) is -0.0379. The van der Waals surface area contributed by atoms with Crippen LogP contribution >= 0.6 is 0 Å². The van der Waals surface area contributed by atoms with Crippen molar-refractivity contribution in [3.05, 3.63) is 0 Å². The molecule has 1 saturated heterocycles. The fraction of sp³-hybridized carbons (Fsp3) is 0.889. The largest absolute Gasteiger partial charge is 0.375 e. The number of ether oxygens (including phenoxy) is 1. The summed E-state index contributed by atoms with van der Waals surface area (Å²) in [5.74, 6) is 0.230. The van der Waals surface area contributed by atoms with Gasteiger partial charge >= 0.3 is 0 Å². The molecule has 1 aliphatic heterocycles. The molecule has 0 N–H and O–H groups in total. The van der Waals surface area contributed by atoms with Crippen molar-refractivity contribution in [1.29, 1.82) is 0 Å². The molecule has 0 aliphatic carbocycles. The summed E-state index contributed by atoms with van der Waals surface area (Å²) in [6, 6.07) is 0. The second-order valence-electron chi connectivity index (χ2n) is 3.54. The number of aldehydes is 1. The molecule has 2 nitrogen and oxygen atoms in total. The van der Waals surface area contributed by atoms with Gasteiger partial charge in [-0.1, -0.05) is 6.92 Å². The molecule has 1 aliphatic rings. The van der Waals surface area contributed by atoms with Gasteiger partial charge in [0.2, 0.25) is 0 Å². The molecule has 64 valence electrons. The van der Waals surface area contributed by atoms with Gasteiger partial charge in [-0.3, -0.25) is 0 Å². The van der Waals surface area contributed by atoms with E-state index < -0.39 is 0 Å². The molecule has 0 radical (unpaired) electrons. The normalized spacial score (nSPS) is 38.5. The van der Waals surface area contributed by atoms with E-state index in [1.54, 1.807) is 0 Å². The Morgan fingerprint density at radius 3 is 3.00 bits per heavy atom. The molecule has 0 bridgehead atoms. The van der Waals surface area contributed by atoms with Crippen LogP contribution < -0.4 is 0 Å². The third kappa shape index (κ3) is 2.03. The zero-order valence-electron chi connectivity index (χ0n) is 7.30. The molecule has 1 rings (SSSR count).